The van der Waals surface area contributed by atoms with Crippen LogP contribution in [0.4, 0.5) is 11.5 Å². The zero-order chi connectivity index (χ0) is 23.0. The highest BCUT2D eigenvalue weighted by atomic mass is 16.5. The molecule has 0 bridgehead atoms. The molecule has 0 fully saturated rings. The fourth-order valence-corrected chi connectivity index (χ4v) is 3.08. The molecule has 3 N–H and O–H groups in total. The van der Waals surface area contributed by atoms with Gasteiger partial charge in [0.1, 0.15) is 11.6 Å². The van der Waals surface area contributed by atoms with E-state index in [1.165, 1.54) is 9.47 Å². The van der Waals surface area contributed by atoms with E-state index >= 15 is 0 Å². The van der Waals surface area contributed by atoms with E-state index in [2.05, 4.69) is 11.1 Å². The highest BCUT2D eigenvalue weighted by Crippen LogP contribution is 2.19. The molecule has 0 spiro atoms. The highest BCUT2D eigenvalue weighted by Gasteiger charge is 2.24. The van der Waals surface area contributed by atoms with Crippen LogP contribution in [0, 0.1) is 17.2 Å². The lowest BCUT2D eigenvalue weighted by molar-refractivity contribution is -0.120. The molecular weight excluding hydrogens is 398 g/mol. The van der Waals surface area contributed by atoms with E-state index < -0.39 is 17.2 Å². The number of unbranched alkanes of at least 4 members (excludes halogenated alkanes) is 1. The zero-order valence-electron chi connectivity index (χ0n) is 18.2. The third-order valence-electron chi connectivity index (χ3n) is 4.64. The van der Waals surface area contributed by atoms with Gasteiger partial charge in [0.2, 0.25) is 0 Å². The molecule has 1 amide bonds. The second-order valence-corrected chi connectivity index (χ2v) is 7.66. The number of anilines is 2. The van der Waals surface area contributed by atoms with Crippen molar-refractivity contribution in [1.82, 2.24) is 9.55 Å². The molecule has 0 atom stereocenters. The Bertz CT molecular complexity index is 1050. The number of nitrogens with one attached hydrogen (secondary N) is 1. The molecule has 0 unspecified atom stereocenters. The summed E-state index contributed by atoms with van der Waals surface area (Å²) in [4.78, 5) is 41.3. The third kappa shape index (κ3) is 6.22. The number of nitrogen functional groups attached to an aromatic ring is 1. The van der Waals surface area contributed by atoms with Crippen LogP contribution in [0.2, 0.25) is 0 Å². The van der Waals surface area contributed by atoms with Gasteiger partial charge in [-0.1, -0.05) is 39.3 Å². The van der Waals surface area contributed by atoms with Crippen molar-refractivity contribution in [3.63, 3.8) is 0 Å². The van der Waals surface area contributed by atoms with Crippen LogP contribution in [0.15, 0.2) is 33.9 Å². The van der Waals surface area contributed by atoms with Gasteiger partial charge in [-0.25, -0.2) is 4.79 Å². The quantitative estimate of drug-likeness (QED) is 0.596. The molecular formula is C22H29N5O4. The molecule has 0 saturated heterocycles. The number of ether oxygens (including phenoxy) is 1. The Balaban J connectivity index is 2.30. The van der Waals surface area contributed by atoms with Gasteiger partial charge in [-0.15, -0.1) is 0 Å². The van der Waals surface area contributed by atoms with Gasteiger partial charge in [-0.2, -0.15) is 5.26 Å². The van der Waals surface area contributed by atoms with Crippen LogP contribution < -0.4 is 26.6 Å². The first-order valence-electron chi connectivity index (χ1n) is 10.3. The summed E-state index contributed by atoms with van der Waals surface area (Å²) in [5.41, 5.74) is 5.69. The minimum Gasteiger partial charge on any atom is -0.484 e. The summed E-state index contributed by atoms with van der Waals surface area (Å²) in [6, 6.07) is 8.93. The molecule has 166 valence electrons. The van der Waals surface area contributed by atoms with Crippen molar-refractivity contribution in [1.29, 1.82) is 5.26 Å². The van der Waals surface area contributed by atoms with Crippen molar-refractivity contribution < 1.29 is 9.53 Å². The number of benzene rings is 1. The fourth-order valence-electron chi connectivity index (χ4n) is 3.08. The molecule has 1 aromatic heterocycles. The average Bonchev–Trinajstić information content (AvgIpc) is 2.72. The van der Waals surface area contributed by atoms with Gasteiger partial charge in [-0.3, -0.25) is 19.1 Å². The number of aromatic nitrogens is 2. The van der Waals surface area contributed by atoms with Gasteiger partial charge in [0.25, 0.3) is 11.5 Å². The van der Waals surface area contributed by atoms with Gasteiger partial charge in [-0.05, 0) is 30.0 Å². The largest absolute Gasteiger partial charge is 0.484 e. The zero-order valence-corrected chi connectivity index (χ0v) is 18.2. The summed E-state index contributed by atoms with van der Waals surface area (Å²) >= 11 is 0. The van der Waals surface area contributed by atoms with Gasteiger partial charge >= 0.3 is 5.69 Å². The average molecular weight is 428 g/mol. The second kappa shape index (κ2) is 11.0. The summed E-state index contributed by atoms with van der Waals surface area (Å²) in [7, 11) is 0. The molecule has 31 heavy (non-hydrogen) atoms. The first kappa shape index (κ1) is 23.7. The van der Waals surface area contributed by atoms with E-state index in [4.69, 9.17) is 15.7 Å². The molecule has 0 aliphatic rings. The normalized spacial score (nSPS) is 10.7. The maximum atomic E-state index is 13.0. The van der Waals surface area contributed by atoms with E-state index in [9.17, 15) is 14.4 Å². The number of carbonyl (C=O) groups excluding carboxylic acids is 1. The van der Waals surface area contributed by atoms with Crippen molar-refractivity contribution in [2.75, 3.05) is 23.8 Å². The Hall–Kier alpha value is -3.54. The van der Waals surface area contributed by atoms with E-state index in [0.29, 0.717) is 18.7 Å². The molecule has 1 heterocycles. The molecule has 9 heteroatoms. The number of nitrogens with two attached hydrogens (primary N) is 1. The standard InChI is InChI=1S/C22H29N5O4/c1-4-5-12-26(18(28)14-31-17-8-6-16(7-9-17)10-11-23)19-20(24)27(13-15(2)3)22(30)25-21(19)29/h6-9,15H,4-5,10,12-14,24H2,1-3H3,(H,25,29,30). The van der Waals surface area contributed by atoms with Crippen molar-refractivity contribution in [2.45, 2.75) is 46.6 Å². The van der Waals surface area contributed by atoms with Gasteiger partial charge in [0, 0.05) is 13.1 Å². The molecule has 9 nitrogen and oxygen atoms in total. The number of H-pyrrole nitrogens is 1. The number of aromatic amines is 1. The van der Waals surface area contributed by atoms with Crippen molar-refractivity contribution in [2.24, 2.45) is 5.92 Å². The molecule has 0 aliphatic carbocycles. The van der Waals surface area contributed by atoms with Crippen LogP contribution >= 0.6 is 0 Å². The van der Waals surface area contributed by atoms with Gasteiger partial charge < -0.3 is 15.4 Å². The molecule has 1 aromatic carbocycles. The number of hydrogen-bond donors (Lipinski definition) is 2. The van der Waals surface area contributed by atoms with Crippen LogP contribution in [0.25, 0.3) is 0 Å². The van der Waals surface area contributed by atoms with Crippen molar-refractivity contribution in [3.8, 4) is 11.8 Å². The number of hydrogen-bond acceptors (Lipinski definition) is 6. The summed E-state index contributed by atoms with van der Waals surface area (Å²) in [5, 5.41) is 8.74. The summed E-state index contributed by atoms with van der Waals surface area (Å²) in [5.74, 6) is 0.109. The Labute approximate surface area is 181 Å². The lowest BCUT2D eigenvalue weighted by Gasteiger charge is -2.25. The maximum absolute atomic E-state index is 13.0. The number of carbonyl (C=O) groups is 1. The summed E-state index contributed by atoms with van der Waals surface area (Å²) in [6.07, 6.45) is 1.74. The first-order chi connectivity index (χ1) is 14.8. The smallest absolute Gasteiger partial charge is 0.330 e. The molecule has 2 aromatic rings. The SMILES string of the molecule is CCCCN(C(=O)COc1ccc(CC#N)cc1)c1c(N)n(CC(C)C)c(=O)[nH]c1=O. The molecule has 0 aliphatic heterocycles. The number of nitriles is 1. The molecule has 2 rings (SSSR count). The van der Waals surface area contributed by atoms with Crippen LogP contribution in [-0.2, 0) is 17.8 Å². The van der Waals surface area contributed by atoms with E-state index in [0.717, 1.165) is 12.0 Å². The Morgan fingerprint density at radius 1 is 1.29 bits per heavy atom. The Morgan fingerprint density at radius 3 is 2.55 bits per heavy atom. The monoisotopic (exact) mass is 427 g/mol. The fraction of sp³-hybridized carbons (Fsp3) is 0.455. The minimum atomic E-state index is -0.701. The number of nitrogens with zero attached hydrogens (tertiary/aromatic N) is 3. The Morgan fingerprint density at radius 2 is 1.97 bits per heavy atom. The van der Waals surface area contributed by atoms with Gasteiger partial charge in [0.15, 0.2) is 12.3 Å². The summed E-state index contributed by atoms with van der Waals surface area (Å²) in [6.45, 7) is 6.10. The molecule has 0 saturated carbocycles. The number of rotatable bonds is 10. The van der Waals surface area contributed by atoms with Crippen LogP contribution in [0.1, 0.15) is 39.2 Å². The van der Waals surface area contributed by atoms with Crippen LogP contribution in [-0.4, -0.2) is 28.6 Å². The third-order valence-corrected chi connectivity index (χ3v) is 4.64. The molecule has 0 radical (unpaired) electrons. The van der Waals surface area contributed by atoms with Crippen molar-refractivity contribution in [3.05, 3.63) is 50.7 Å². The highest BCUT2D eigenvalue weighted by molar-refractivity contribution is 5.96. The van der Waals surface area contributed by atoms with E-state index in [1.807, 2.05) is 20.8 Å². The topological polar surface area (TPSA) is 134 Å². The first-order valence-corrected chi connectivity index (χ1v) is 10.3. The van der Waals surface area contributed by atoms with E-state index in [-0.39, 0.29) is 37.0 Å². The predicted octanol–water partition coefficient (Wildman–Crippen LogP) is 2.05. The lowest BCUT2D eigenvalue weighted by atomic mass is 10.2. The van der Waals surface area contributed by atoms with Crippen LogP contribution in [0.5, 0.6) is 5.75 Å². The van der Waals surface area contributed by atoms with Crippen LogP contribution in [0.3, 0.4) is 0 Å². The lowest BCUT2D eigenvalue weighted by Crippen LogP contribution is -2.43. The Kier molecular flexibility index (Phi) is 8.43. The van der Waals surface area contributed by atoms with E-state index in [1.54, 1.807) is 24.3 Å². The second-order valence-electron chi connectivity index (χ2n) is 7.66. The summed E-state index contributed by atoms with van der Waals surface area (Å²) < 4.78 is 6.87. The van der Waals surface area contributed by atoms with Crippen molar-refractivity contribution >= 4 is 17.4 Å². The minimum absolute atomic E-state index is 0.0345. The predicted molar refractivity (Wildman–Crippen MR) is 119 cm³/mol. The number of amides is 1. The maximum Gasteiger partial charge on any atom is 0.330 e. The van der Waals surface area contributed by atoms with Gasteiger partial charge in [0.05, 0.1) is 12.5 Å².